The molecule has 7 heteroatoms. The van der Waals surface area contributed by atoms with Gasteiger partial charge in [0.05, 0.1) is 16.0 Å². The largest absolute Gasteiger partial charge is 0.373 e. The summed E-state index contributed by atoms with van der Waals surface area (Å²) in [6, 6.07) is 2.03. The third-order valence-electron chi connectivity index (χ3n) is 3.81. The van der Waals surface area contributed by atoms with Crippen LogP contribution in [0.2, 0.25) is 0 Å². The van der Waals surface area contributed by atoms with Crippen molar-refractivity contribution >= 4 is 33.3 Å². The number of carbonyl (C=O) groups is 1. The average Bonchev–Trinajstić information content (AvgIpc) is 2.87. The van der Waals surface area contributed by atoms with Gasteiger partial charge in [-0.25, -0.2) is 4.79 Å². The number of rotatable bonds is 6. The number of amides is 2. The first-order valence-electron chi connectivity index (χ1n) is 8.03. The molecular formula is C16H26BrN3O2S. The summed E-state index contributed by atoms with van der Waals surface area (Å²) >= 11 is 5.08. The molecule has 23 heavy (non-hydrogen) atoms. The number of ether oxygens (including phenoxy) is 1. The molecule has 0 saturated carbocycles. The summed E-state index contributed by atoms with van der Waals surface area (Å²) in [5, 5.41) is 5.06. The van der Waals surface area contributed by atoms with Gasteiger partial charge in [0.1, 0.15) is 0 Å². The van der Waals surface area contributed by atoms with Crippen LogP contribution in [0.4, 0.5) is 4.79 Å². The zero-order valence-electron chi connectivity index (χ0n) is 14.0. The molecule has 2 rings (SSSR count). The minimum atomic E-state index is -0.0176. The molecule has 2 unspecified atom stereocenters. The van der Waals surface area contributed by atoms with Crippen LogP contribution in [0.15, 0.2) is 15.2 Å². The summed E-state index contributed by atoms with van der Waals surface area (Å²) < 4.78 is 6.82. The van der Waals surface area contributed by atoms with E-state index in [0.29, 0.717) is 25.3 Å². The molecule has 1 aromatic rings. The molecule has 2 heterocycles. The molecule has 1 fully saturated rings. The van der Waals surface area contributed by atoms with Crippen molar-refractivity contribution in [2.75, 3.05) is 33.2 Å². The number of morpholine rings is 1. The lowest BCUT2D eigenvalue weighted by Crippen LogP contribution is -2.46. The van der Waals surface area contributed by atoms with Crippen LogP contribution in [-0.2, 0) is 11.3 Å². The van der Waals surface area contributed by atoms with E-state index >= 15 is 0 Å². The van der Waals surface area contributed by atoms with E-state index in [9.17, 15) is 4.79 Å². The fraction of sp³-hybridized carbons (Fsp3) is 0.688. The Balaban J connectivity index is 1.62. The number of nitrogens with one attached hydrogen (secondary N) is 1. The van der Waals surface area contributed by atoms with Gasteiger partial charge in [0.25, 0.3) is 0 Å². The van der Waals surface area contributed by atoms with Crippen LogP contribution in [0.3, 0.4) is 0 Å². The van der Waals surface area contributed by atoms with Crippen molar-refractivity contribution in [3.05, 3.63) is 20.8 Å². The Morgan fingerprint density at radius 1 is 1.48 bits per heavy atom. The van der Waals surface area contributed by atoms with E-state index in [4.69, 9.17) is 4.74 Å². The molecule has 2 atom stereocenters. The third-order valence-corrected chi connectivity index (χ3v) is 5.36. The van der Waals surface area contributed by atoms with Crippen LogP contribution in [0.1, 0.15) is 25.8 Å². The molecule has 1 aromatic heterocycles. The van der Waals surface area contributed by atoms with Crippen molar-refractivity contribution in [2.45, 2.75) is 39.0 Å². The molecule has 2 amide bonds. The molecule has 1 N–H and O–H groups in total. The average molecular weight is 404 g/mol. The van der Waals surface area contributed by atoms with Gasteiger partial charge in [0, 0.05) is 39.8 Å². The molecule has 1 aliphatic rings. The number of hydrogen-bond acceptors (Lipinski definition) is 4. The zero-order valence-corrected chi connectivity index (χ0v) is 16.5. The first-order chi connectivity index (χ1) is 10.9. The molecule has 0 aliphatic carbocycles. The van der Waals surface area contributed by atoms with Crippen molar-refractivity contribution in [1.82, 2.24) is 15.1 Å². The Bertz CT molecular complexity index is 501. The number of carbonyl (C=O) groups excluding carboxylic acids is 1. The topological polar surface area (TPSA) is 44.8 Å². The maximum atomic E-state index is 12.1. The lowest BCUT2D eigenvalue weighted by molar-refractivity contribution is -0.0679. The summed E-state index contributed by atoms with van der Waals surface area (Å²) in [6.45, 7) is 8.52. The summed E-state index contributed by atoms with van der Waals surface area (Å²) in [4.78, 5) is 16.2. The van der Waals surface area contributed by atoms with Gasteiger partial charge in [-0.15, -0.1) is 11.3 Å². The van der Waals surface area contributed by atoms with Crippen molar-refractivity contribution in [1.29, 1.82) is 0 Å². The molecular weight excluding hydrogens is 378 g/mol. The van der Waals surface area contributed by atoms with Crippen LogP contribution in [0.25, 0.3) is 0 Å². The maximum absolute atomic E-state index is 12.1. The van der Waals surface area contributed by atoms with Gasteiger partial charge in [-0.3, -0.25) is 4.90 Å². The second-order valence-corrected chi connectivity index (χ2v) is 8.51. The van der Waals surface area contributed by atoms with E-state index in [1.807, 2.05) is 7.05 Å². The highest BCUT2D eigenvalue weighted by molar-refractivity contribution is 9.11. The summed E-state index contributed by atoms with van der Waals surface area (Å²) in [6.07, 6.45) is 1.55. The Morgan fingerprint density at radius 3 is 2.78 bits per heavy atom. The van der Waals surface area contributed by atoms with Crippen LogP contribution in [-0.4, -0.2) is 61.3 Å². The SMILES string of the molecule is CC1CN(CCCNC(=O)N(C)Cc2csc(Br)c2)CC(C)O1. The van der Waals surface area contributed by atoms with E-state index in [2.05, 4.69) is 51.4 Å². The van der Waals surface area contributed by atoms with E-state index in [0.717, 1.165) is 35.4 Å². The third kappa shape index (κ3) is 6.41. The fourth-order valence-electron chi connectivity index (χ4n) is 2.87. The van der Waals surface area contributed by atoms with E-state index in [1.54, 1.807) is 16.2 Å². The quantitative estimate of drug-likeness (QED) is 0.741. The van der Waals surface area contributed by atoms with Crippen molar-refractivity contribution < 1.29 is 9.53 Å². The summed E-state index contributed by atoms with van der Waals surface area (Å²) in [7, 11) is 1.83. The van der Waals surface area contributed by atoms with Crippen molar-refractivity contribution in [3.63, 3.8) is 0 Å². The predicted octanol–water partition coefficient (Wildman–Crippen LogP) is 3.15. The van der Waals surface area contributed by atoms with Crippen LogP contribution >= 0.6 is 27.3 Å². The number of thiophene rings is 1. The molecule has 0 bridgehead atoms. The second-order valence-electron chi connectivity index (χ2n) is 6.22. The number of urea groups is 1. The first-order valence-corrected chi connectivity index (χ1v) is 9.71. The number of nitrogens with zero attached hydrogens (tertiary/aromatic N) is 2. The van der Waals surface area contributed by atoms with E-state index < -0.39 is 0 Å². The highest BCUT2D eigenvalue weighted by Crippen LogP contribution is 2.21. The lowest BCUT2D eigenvalue weighted by Gasteiger charge is -2.35. The first kappa shape index (κ1) is 18.7. The Kier molecular flexibility index (Phi) is 7.33. The second kappa shape index (κ2) is 9.01. The highest BCUT2D eigenvalue weighted by atomic mass is 79.9. The molecule has 130 valence electrons. The van der Waals surface area contributed by atoms with Crippen molar-refractivity contribution in [3.8, 4) is 0 Å². The molecule has 0 radical (unpaired) electrons. The van der Waals surface area contributed by atoms with Gasteiger partial charge in [-0.2, -0.15) is 0 Å². The zero-order chi connectivity index (χ0) is 16.8. The van der Waals surface area contributed by atoms with Gasteiger partial charge in [-0.05, 0) is 53.2 Å². The fourth-order valence-corrected chi connectivity index (χ4v) is 4.07. The predicted molar refractivity (Wildman–Crippen MR) is 98.0 cm³/mol. The normalized spacial score (nSPS) is 22.1. The molecule has 1 saturated heterocycles. The molecule has 1 aliphatic heterocycles. The minimum absolute atomic E-state index is 0.0176. The lowest BCUT2D eigenvalue weighted by atomic mass is 10.2. The Labute approximate surface area is 151 Å². The van der Waals surface area contributed by atoms with E-state index in [-0.39, 0.29) is 6.03 Å². The Morgan fingerprint density at radius 2 is 2.17 bits per heavy atom. The highest BCUT2D eigenvalue weighted by Gasteiger charge is 2.21. The van der Waals surface area contributed by atoms with Gasteiger partial charge in [0.2, 0.25) is 0 Å². The van der Waals surface area contributed by atoms with Crippen molar-refractivity contribution in [2.24, 2.45) is 0 Å². The maximum Gasteiger partial charge on any atom is 0.317 e. The summed E-state index contributed by atoms with van der Waals surface area (Å²) in [5.74, 6) is 0. The van der Waals surface area contributed by atoms with Gasteiger partial charge in [-0.1, -0.05) is 0 Å². The van der Waals surface area contributed by atoms with Crippen LogP contribution in [0.5, 0.6) is 0 Å². The standard InChI is InChI=1S/C16H26BrN3O2S/c1-12-8-20(9-13(2)22-12)6-4-5-18-16(21)19(3)10-14-7-15(17)23-11-14/h7,11-13H,4-6,8-10H2,1-3H3,(H,18,21). The monoisotopic (exact) mass is 403 g/mol. The number of hydrogen-bond donors (Lipinski definition) is 1. The smallest absolute Gasteiger partial charge is 0.317 e. The summed E-state index contributed by atoms with van der Waals surface area (Å²) in [5.41, 5.74) is 1.15. The van der Waals surface area contributed by atoms with E-state index in [1.165, 1.54) is 0 Å². The molecule has 0 spiro atoms. The molecule has 5 nitrogen and oxygen atoms in total. The van der Waals surface area contributed by atoms with Gasteiger partial charge >= 0.3 is 6.03 Å². The van der Waals surface area contributed by atoms with Crippen LogP contribution < -0.4 is 5.32 Å². The Hall–Kier alpha value is -0.630. The van der Waals surface area contributed by atoms with Gasteiger partial charge < -0.3 is 15.0 Å². The number of halogens is 1. The van der Waals surface area contributed by atoms with Gasteiger partial charge in [0.15, 0.2) is 0 Å². The van der Waals surface area contributed by atoms with Crippen LogP contribution in [0, 0.1) is 0 Å². The molecule has 0 aromatic carbocycles. The minimum Gasteiger partial charge on any atom is -0.373 e.